The van der Waals surface area contributed by atoms with Crippen LogP contribution in [0.25, 0.3) is 0 Å². The number of halogens is 1. The Bertz CT molecular complexity index is 545. The zero-order valence-corrected chi connectivity index (χ0v) is 10.8. The molecule has 0 bridgehead atoms. The van der Waals surface area contributed by atoms with Gasteiger partial charge in [-0.15, -0.1) is 0 Å². The van der Waals surface area contributed by atoms with Crippen LogP contribution in [0.2, 0.25) is 0 Å². The Hall–Kier alpha value is -2.50. The van der Waals surface area contributed by atoms with Crippen LogP contribution < -0.4 is 10.6 Å². The van der Waals surface area contributed by atoms with Crippen LogP contribution in [0.15, 0.2) is 43.0 Å². The molecule has 0 saturated carbocycles. The summed E-state index contributed by atoms with van der Waals surface area (Å²) in [5, 5.41) is 5.43. The molecule has 104 valence electrons. The Morgan fingerprint density at radius 2 is 1.75 bits per heavy atom. The number of hydrogen-bond acceptors (Lipinski definition) is 3. The number of aromatic nitrogens is 2. The lowest BCUT2D eigenvalue weighted by molar-refractivity contribution is 0.240. The van der Waals surface area contributed by atoms with Gasteiger partial charge < -0.3 is 10.6 Å². The van der Waals surface area contributed by atoms with Gasteiger partial charge in [0, 0.05) is 25.5 Å². The highest BCUT2D eigenvalue weighted by atomic mass is 19.1. The molecular weight excluding hydrogens is 259 g/mol. The molecule has 0 atom stereocenters. The molecule has 2 aromatic rings. The number of amides is 2. The number of urea groups is 1. The van der Waals surface area contributed by atoms with Crippen LogP contribution in [0.1, 0.15) is 11.1 Å². The standard InChI is InChI=1S/C14H15FN4O/c15-13-3-1-11(2-4-13)9-19-14(20)18-6-5-12-7-16-10-17-8-12/h1-4,7-8,10H,5-6,9H2,(H2,18,19,20). The van der Waals surface area contributed by atoms with Crippen LogP contribution in [0.4, 0.5) is 9.18 Å². The first-order valence-corrected chi connectivity index (χ1v) is 6.24. The van der Waals surface area contributed by atoms with Gasteiger partial charge >= 0.3 is 6.03 Å². The lowest BCUT2D eigenvalue weighted by atomic mass is 10.2. The number of nitrogens with one attached hydrogen (secondary N) is 2. The minimum absolute atomic E-state index is 0.258. The molecule has 0 unspecified atom stereocenters. The summed E-state index contributed by atoms with van der Waals surface area (Å²) >= 11 is 0. The summed E-state index contributed by atoms with van der Waals surface area (Å²) < 4.78 is 12.7. The fraction of sp³-hybridized carbons (Fsp3) is 0.214. The van der Waals surface area contributed by atoms with Crippen LogP contribution in [0, 0.1) is 5.82 Å². The van der Waals surface area contributed by atoms with E-state index in [0.717, 1.165) is 11.1 Å². The van der Waals surface area contributed by atoms with Crippen LogP contribution in [0.5, 0.6) is 0 Å². The maximum absolute atomic E-state index is 12.7. The molecule has 0 fully saturated rings. The predicted molar refractivity (Wildman–Crippen MR) is 72.4 cm³/mol. The van der Waals surface area contributed by atoms with Crippen molar-refractivity contribution in [2.75, 3.05) is 6.54 Å². The summed E-state index contributed by atoms with van der Waals surface area (Å²) in [7, 11) is 0. The van der Waals surface area contributed by atoms with E-state index in [1.807, 2.05) is 0 Å². The largest absolute Gasteiger partial charge is 0.338 e. The van der Waals surface area contributed by atoms with Crippen molar-refractivity contribution in [3.63, 3.8) is 0 Å². The Morgan fingerprint density at radius 3 is 2.45 bits per heavy atom. The van der Waals surface area contributed by atoms with Crippen molar-refractivity contribution < 1.29 is 9.18 Å². The van der Waals surface area contributed by atoms with Gasteiger partial charge in [-0.3, -0.25) is 0 Å². The molecule has 2 N–H and O–H groups in total. The first kappa shape index (κ1) is 13.9. The van der Waals surface area contributed by atoms with Gasteiger partial charge in [0.15, 0.2) is 0 Å². The average molecular weight is 274 g/mol. The van der Waals surface area contributed by atoms with Gasteiger partial charge in [-0.25, -0.2) is 19.2 Å². The van der Waals surface area contributed by atoms with Crippen LogP contribution in [0.3, 0.4) is 0 Å². The number of carbonyl (C=O) groups excluding carboxylic acids is 1. The van der Waals surface area contributed by atoms with Crippen LogP contribution in [-0.4, -0.2) is 22.5 Å². The van der Waals surface area contributed by atoms with Crippen LogP contribution in [-0.2, 0) is 13.0 Å². The number of rotatable bonds is 5. The third-order valence-electron chi connectivity index (χ3n) is 2.68. The second kappa shape index (κ2) is 7.18. The Kier molecular flexibility index (Phi) is 5.00. The minimum Gasteiger partial charge on any atom is -0.338 e. The molecule has 0 saturated heterocycles. The summed E-state index contributed by atoms with van der Waals surface area (Å²) in [4.78, 5) is 19.3. The van der Waals surface area contributed by atoms with Gasteiger partial charge in [-0.2, -0.15) is 0 Å². The Morgan fingerprint density at radius 1 is 1.05 bits per heavy atom. The number of nitrogens with zero attached hydrogens (tertiary/aromatic N) is 2. The molecule has 0 radical (unpaired) electrons. The van der Waals surface area contributed by atoms with Gasteiger partial charge in [0.1, 0.15) is 12.1 Å². The fourth-order valence-corrected chi connectivity index (χ4v) is 1.63. The molecule has 1 heterocycles. The van der Waals surface area contributed by atoms with Gasteiger partial charge in [0.25, 0.3) is 0 Å². The highest BCUT2D eigenvalue weighted by Gasteiger charge is 2.00. The normalized spacial score (nSPS) is 10.1. The number of carbonyl (C=O) groups is 1. The van der Waals surface area contributed by atoms with Gasteiger partial charge in [-0.05, 0) is 29.7 Å². The van der Waals surface area contributed by atoms with Crippen molar-refractivity contribution in [3.8, 4) is 0 Å². The maximum Gasteiger partial charge on any atom is 0.315 e. The Balaban J connectivity index is 1.67. The summed E-state index contributed by atoms with van der Waals surface area (Å²) in [5.74, 6) is -0.289. The van der Waals surface area contributed by atoms with E-state index in [-0.39, 0.29) is 11.8 Å². The van der Waals surface area contributed by atoms with E-state index < -0.39 is 0 Å². The molecule has 6 heteroatoms. The lowest BCUT2D eigenvalue weighted by Crippen LogP contribution is -2.36. The smallest absolute Gasteiger partial charge is 0.315 e. The highest BCUT2D eigenvalue weighted by Crippen LogP contribution is 2.01. The van der Waals surface area contributed by atoms with Crippen molar-refractivity contribution in [2.45, 2.75) is 13.0 Å². The highest BCUT2D eigenvalue weighted by molar-refractivity contribution is 5.73. The van der Waals surface area contributed by atoms with E-state index in [4.69, 9.17) is 0 Å². The van der Waals surface area contributed by atoms with E-state index in [9.17, 15) is 9.18 Å². The second-order valence-electron chi connectivity index (χ2n) is 4.23. The average Bonchev–Trinajstić information content (AvgIpc) is 2.48. The molecular formula is C14H15FN4O. The summed E-state index contributed by atoms with van der Waals surface area (Å²) in [6, 6.07) is 5.74. The van der Waals surface area contributed by atoms with Gasteiger partial charge in [0.05, 0.1) is 0 Å². The zero-order chi connectivity index (χ0) is 14.2. The molecule has 5 nitrogen and oxygen atoms in total. The molecule has 2 amide bonds. The molecule has 20 heavy (non-hydrogen) atoms. The number of benzene rings is 1. The fourth-order valence-electron chi connectivity index (χ4n) is 1.63. The first-order valence-electron chi connectivity index (χ1n) is 6.24. The Labute approximate surface area is 116 Å². The minimum atomic E-state index is -0.289. The van der Waals surface area contributed by atoms with Crippen LogP contribution >= 0.6 is 0 Å². The monoisotopic (exact) mass is 274 g/mol. The SMILES string of the molecule is O=C(NCCc1cncnc1)NCc1ccc(F)cc1. The molecule has 0 aliphatic heterocycles. The maximum atomic E-state index is 12.7. The lowest BCUT2D eigenvalue weighted by Gasteiger charge is -2.07. The third-order valence-corrected chi connectivity index (χ3v) is 2.68. The summed E-state index contributed by atoms with van der Waals surface area (Å²) in [6.07, 6.45) is 5.56. The van der Waals surface area contributed by atoms with Crippen molar-refractivity contribution >= 4 is 6.03 Å². The van der Waals surface area contributed by atoms with E-state index in [1.54, 1.807) is 24.5 Å². The quantitative estimate of drug-likeness (QED) is 0.871. The van der Waals surface area contributed by atoms with Crippen molar-refractivity contribution in [1.82, 2.24) is 20.6 Å². The summed E-state index contributed by atoms with van der Waals surface area (Å²) in [6.45, 7) is 0.864. The van der Waals surface area contributed by atoms with Crippen molar-refractivity contribution in [1.29, 1.82) is 0 Å². The van der Waals surface area contributed by atoms with Crippen molar-refractivity contribution in [3.05, 3.63) is 59.9 Å². The molecule has 0 aliphatic carbocycles. The first-order chi connectivity index (χ1) is 9.74. The third kappa shape index (κ3) is 4.64. The molecule has 1 aromatic carbocycles. The molecule has 0 aliphatic rings. The van der Waals surface area contributed by atoms with Crippen molar-refractivity contribution in [2.24, 2.45) is 0 Å². The second-order valence-corrected chi connectivity index (χ2v) is 4.23. The number of hydrogen-bond donors (Lipinski definition) is 2. The molecule has 1 aromatic heterocycles. The van der Waals surface area contributed by atoms with Gasteiger partial charge in [0.2, 0.25) is 0 Å². The predicted octanol–water partition coefficient (Wildman–Crippen LogP) is 1.66. The molecule has 2 rings (SSSR count). The van der Waals surface area contributed by atoms with E-state index in [0.29, 0.717) is 19.5 Å². The van der Waals surface area contributed by atoms with E-state index in [1.165, 1.54) is 18.5 Å². The zero-order valence-electron chi connectivity index (χ0n) is 10.8. The van der Waals surface area contributed by atoms with E-state index in [2.05, 4.69) is 20.6 Å². The molecule has 0 spiro atoms. The topological polar surface area (TPSA) is 66.9 Å². The van der Waals surface area contributed by atoms with E-state index >= 15 is 0 Å². The summed E-state index contributed by atoms with van der Waals surface area (Å²) in [5.41, 5.74) is 1.81. The van der Waals surface area contributed by atoms with Gasteiger partial charge in [-0.1, -0.05) is 12.1 Å².